The molecule has 1 aliphatic heterocycles. The molecule has 1 N–H and O–H groups in total. The second kappa shape index (κ2) is 8.45. The molecule has 25 heavy (non-hydrogen) atoms. The zero-order valence-corrected chi connectivity index (χ0v) is 15.7. The molecule has 1 aliphatic rings. The van der Waals surface area contributed by atoms with Crippen LogP contribution >= 0.6 is 23.5 Å². The van der Waals surface area contributed by atoms with Gasteiger partial charge in [0, 0.05) is 40.6 Å². The summed E-state index contributed by atoms with van der Waals surface area (Å²) in [6, 6.07) is 15.6. The first-order chi connectivity index (χ1) is 12.2. The van der Waals surface area contributed by atoms with Crippen molar-refractivity contribution in [2.45, 2.75) is 22.6 Å². The average Bonchev–Trinajstić information content (AvgIpc) is 2.65. The number of nitrogens with one attached hydrogen (secondary N) is 1. The SMILES string of the molecule is CSc1cccc(NC(=O)CCC(=O)N2CCSc3ccccc32)c1. The van der Waals surface area contributed by atoms with Gasteiger partial charge < -0.3 is 10.2 Å². The van der Waals surface area contributed by atoms with E-state index in [1.807, 2.05) is 54.8 Å². The maximum Gasteiger partial charge on any atom is 0.227 e. The summed E-state index contributed by atoms with van der Waals surface area (Å²) in [5.74, 6) is 0.753. The standard InChI is InChI=1S/C19H20N2O2S2/c1-24-15-6-4-5-14(13-15)20-18(22)9-10-19(23)21-11-12-25-17-8-3-2-7-16(17)21/h2-8,13H,9-12H2,1H3,(H,20,22). The van der Waals surface area contributed by atoms with E-state index in [1.54, 1.807) is 28.4 Å². The van der Waals surface area contributed by atoms with Crippen LogP contribution in [-0.4, -0.2) is 30.4 Å². The molecule has 0 saturated heterocycles. The summed E-state index contributed by atoms with van der Waals surface area (Å²) < 4.78 is 0. The lowest BCUT2D eigenvalue weighted by atomic mass is 10.2. The van der Waals surface area contributed by atoms with Gasteiger partial charge in [-0.15, -0.1) is 23.5 Å². The van der Waals surface area contributed by atoms with Crippen molar-refractivity contribution >= 4 is 46.7 Å². The van der Waals surface area contributed by atoms with Crippen LogP contribution in [0.25, 0.3) is 0 Å². The number of carbonyl (C=O) groups excluding carboxylic acids is 2. The van der Waals surface area contributed by atoms with Crippen molar-refractivity contribution in [3.8, 4) is 0 Å². The van der Waals surface area contributed by atoms with Crippen molar-refractivity contribution in [3.05, 3.63) is 48.5 Å². The fraction of sp³-hybridized carbons (Fsp3) is 0.263. The Hall–Kier alpha value is -1.92. The summed E-state index contributed by atoms with van der Waals surface area (Å²) in [7, 11) is 0. The highest BCUT2D eigenvalue weighted by molar-refractivity contribution is 7.99. The Morgan fingerprint density at radius 3 is 2.84 bits per heavy atom. The number of hydrogen-bond donors (Lipinski definition) is 1. The number of anilines is 2. The van der Waals surface area contributed by atoms with E-state index in [9.17, 15) is 9.59 Å². The Bertz CT molecular complexity index is 780. The Morgan fingerprint density at radius 1 is 1.16 bits per heavy atom. The lowest BCUT2D eigenvalue weighted by molar-refractivity contribution is -0.122. The first-order valence-electron chi connectivity index (χ1n) is 8.13. The fourth-order valence-electron chi connectivity index (χ4n) is 2.71. The molecular formula is C19H20N2O2S2. The van der Waals surface area contributed by atoms with Crippen molar-refractivity contribution in [1.29, 1.82) is 0 Å². The van der Waals surface area contributed by atoms with Crippen molar-refractivity contribution in [1.82, 2.24) is 0 Å². The Kier molecular flexibility index (Phi) is 6.04. The van der Waals surface area contributed by atoms with Gasteiger partial charge in [0.1, 0.15) is 0 Å². The molecular weight excluding hydrogens is 352 g/mol. The van der Waals surface area contributed by atoms with Gasteiger partial charge in [-0.1, -0.05) is 18.2 Å². The summed E-state index contributed by atoms with van der Waals surface area (Å²) in [5, 5.41) is 2.87. The van der Waals surface area contributed by atoms with Crippen LogP contribution in [0.15, 0.2) is 58.3 Å². The van der Waals surface area contributed by atoms with Gasteiger partial charge >= 0.3 is 0 Å². The van der Waals surface area contributed by atoms with Gasteiger partial charge in [-0.2, -0.15) is 0 Å². The van der Waals surface area contributed by atoms with E-state index in [4.69, 9.17) is 0 Å². The minimum Gasteiger partial charge on any atom is -0.326 e. The van der Waals surface area contributed by atoms with Gasteiger partial charge in [-0.3, -0.25) is 9.59 Å². The van der Waals surface area contributed by atoms with Crippen molar-refractivity contribution in [2.24, 2.45) is 0 Å². The van der Waals surface area contributed by atoms with Crippen molar-refractivity contribution in [3.63, 3.8) is 0 Å². The molecule has 0 unspecified atom stereocenters. The maximum absolute atomic E-state index is 12.6. The van der Waals surface area contributed by atoms with Gasteiger partial charge in [0.05, 0.1) is 5.69 Å². The molecule has 1 heterocycles. The summed E-state index contributed by atoms with van der Waals surface area (Å²) in [6.45, 7) is 0.692. The van der Waals surface area contributed by atoms with Crippen LogP contribution in [0.3, 0.4) is 0 Å². The minimum absolute atomic E-state index is 0.000708. The Labute approximate surface area is 156 Å². The van der Waals surface area contributed by atoms with E-state index in [0.717, 1.165) is 26.9 Å². The molecule has 0 spiro atoms. The largest absolute Gasteiger partial charge is 0.326 e. The highest BCUT2D eigenvalue weighted by Gasteiger charge is 2.22. The predicted octanol–water partition coefficient (Wildman–Crippen LogP) is 4.27. The van der Waals surface area contributed by atoms with Crippen molar-refractivity contribution in [2.75, 3.05) is 28.8 Å². The third-order valence-electron chi connectivity index (χ3n) is 3.95. The summed E-state index contributed by atoms with van der Waals surface area (Å²) in [5.41, 5.74) is 1.72. The highest BCUT2D eigenvalue weighted by Crippen LogP contribution is 2.34. The lowest BCUT2D eigenvalue weighted by Crippen LogP contribution is -2.35. The number of carbonyl (C=O) groups is 2. The molecule has 0 radical (unpaired) electrons. The molecule has 130 valence electrons. The number of hydrogen-bond acceptors (Lipinski definition) is 4. The fourth-order valence-corrected chi connectivity index (χ4v) is 4.16. The number of rotatable bonds is 5. The molecule has 2 amide bonds. The van der Waals surface area contributed by atoms with E-state index in [1.165, 1.54) is 0 Å². The molecule has 0 atom stereocenters. The Morgan fingerprint density at radius 2 is 2.00 bits per heavy atom. The first-order valence-corrected chi connectivity index (χ1v) is 10.3. The molecule has 4 nitrogen and oxygen atoms in total. The van der Waals surface area contributed by atoms with Gasteiger partial charge in [0.15, 0.2) is 0 Å². The second-order valence-corrected chi connectivity index (χ2v) is 7.66. The zero-order valence-electron chi connectivity index (χ0n) is 14.0. The highest BCUT2D eigenvalue weighted by atomic mass is 32.2. The monoisotopic (exact) mass is 372 g/mol. The van der Waals surface area contributed by atoms with E-state index in [0.29, 0.717) is 6.54 Å². The van der Waals surface area contributed by atoms with Crippen LogP contribution in [0, 0.1) is 0 Å². The van der Waals surface area contributed by atoms with Gasteiger partial charge in [0.25, 0.3) is 0 Å². The summed E-state index contributed by atoms with van der Waals surface area (Å²) >= 11 is 3.39. The average molecular weight is 373 g/mol. The van der Waals surface area contributed by atoms with Crippen LogP contribution < -0.4 is 10.2 Å². The molecule has 0 fully saturated rings. The van der Waals surface area contributed by atoms with Gasteiger partial charge in [0.2, 0.25) is 11.8 Å². The van der Waals surface area contributed by atoms with Crippen LogP contribution in [0.5, 0.6) is 0 Å². The van der Waals surface area contributed by atoms with E-state index in [2.05, 4.69) is 5.32 Å². The number of para-hydroxylation sites is 1. The third-order valence-corrected chi connectivity index (χ3v) is 5.72. The summed E-state index contributed by atoms with van der Waals surface area (Å²) in [4.78, 5) is 28.7. The van der Waals surface area contributed by atoms with Crippen LogP contribution in [-0.2, 0) is 9.59 Å². The van der Waals surface area contributed by atoms with Gasteiger partial charge in [-0.05, 0) is 36.6 Å². The summed E-state index contributed by atoms with van der Waals surface area (Å²) in [6.07, 6.45) is 2.40. The van der Waals surface area contributed by atoms with Crippen LogP contribution in [0.4, 0.5) is 11.4 Å². The smallest absolute Gasteiger partial charge is 0.227 e. The maximum atomic E-state index is 12.6. The molecule has 0 aromatic heterocycles. The van der Waals surface area contributed by atoms with Crippen LogP contribution in [0.2, 0.25) is 0 Å². The topological polar surface area (TPSA) is 49.4 Å². The zero-order chi connectivity index (χ0) is 17.6. The minimum atomic E-state index is -0.133. The number of fused-ring (bicyclic) bond motifs is 1. The second-order valence-electron chi connectivity index (χ2n) is 5.64. The number of thioether (sulfide) groups is 2. The van der Waals surface area contributed by atoms with E-state index in [-0.39, 0.29) is 24.7 Å². The number of amides is 2. The van der Waals surface area contributed by atoms with E-state index < -0.39 is 0 Å². The third kappa shape index (κ3) is 4.58. The number of nitrogens with zero attached hydrogens (tertiary/aromatic N) is 1. The molecule has 2 aromatic rings. The first kappa shape index (κ1) is 17.9. The number of benzene rings is 2. The van der Waals surface area contributed by atoms with Crippen molar-refractivity contribution < 1.29 is 9.59 Å². The molecule has 6 heteroatoms. The molecule has 0 aliphatic carbocycles. The molecule has 0 saturated carbocycles. The Balaban J connectivity index is 1.56. The quantitative estimate of drug-likeness (QED) is 0.797. The molecule has 3 rings (SSSR count). The normalized spacial score (nSPS) is 13.2. The lowest BCUT2D eigenvalue weighted by Gasteiger charge is -2.29. The predicted molar refractivity (Wildman–Crippen MR) is 106 cm³/mol. The van der Waals surface area contributed by atoms with E-state index >= 15 is 0 Å². The van der Waals surface area contributed by atoms with Gasteiger partial charge in [-0.25, -0.2) is 0 Å². The molecule has 2 aromatic carbocycles. The molecule has 0 bridgehead atoms. The van der Waals surface area contributed by atoms with Crippen LogP contribution in [0.1, 0.15) is 12.8 Å².